The molecule has 0 atom stereocenters. The van der Waals surface area contributed by atoms with Crippen LogP contribution >= 0.6 is 11.6 Å². The predicted molar refractivity (Wildman–Crippen MR) is 135 cm³/mol. The molecule has 2 heterocycles. The number of nitrogens with one attached hydrogen (secondary N) is 1. The lowest BCUT2D eigenvalue weighted by atomic mass is 10.2. The van der Waals surface area contributed by atoms with Crippen LogP contribution in [-0.2, 0) is 16.1 Å². The highest BCUT2D eigenvalue weighted by Gasteiger charge is 2.24. The number of fused-ring (bicyclic) bond motifs is 1. The number of aromatic nitrogens is 4. The first-order valence-corrected chi connectivity index (χ1v) is 12.1. The van der Waals surface area contributed by atoms with Crippen LogP contribution in [0, 0.1) is 11.6 Å². The van der Waals surface area contributed by atoms with Crippen molar-refractivity contribution in [2.24, 2.45) is 0 Å². The zero-order valence-electron chi connectivity index (χ0n) is 21.6. The monoisotopic (exact) mass is 600 g/mol. The van der Waals surface area contributed by atoms with Gasteiger partial charge in [-0.25, -0.2) is 36.7 Å². The quantitative estimate of drug-likeness (QED) is 0.195. The molecular formula is C25H21ClF4N4O7. The number of alkyl halides is 2. The lowest BCUT2D eigenvalue weighted by molar-refractivity contribution is -0.145. The molecule has 11 nitrogen and oxygen atoms in total. The van der Waals surface area contributed by atoms with E-state index in [1.165, 1.54) is 26.4 Å². The van der Waals surface area contributed by atoms with Gasteiger partial charge in [-0.2, -0.15) is 4.98 Å². The fourth-order valence-electron chi connectivity index (χ4n) is 3.76. The van der Waals surface area contributed by atoms with Crippen LogP contribution in [0.4, 0.5) is 17.6 Å². The second kappa shape index (κ2) is 12.3. The van der Waals surface area contributed by atoms with Gasteiger partial charge in [0.1, 0.15) is 17.9 Å². The molecule has 4 rings (SSSR count). The van der Waals surface area contributed by atoms with Crippen LogP contribution in [0.1, 0.15) is 24.7 Å². The second-order valence-corrected chi connectivity index (χ2v) is 8.44. The van der Waals surface area contributed by atoms with E-state index in [0.717, 1.165) is 16.7 Å². The fourth-order valence-corrected chi connectivity index (χ4v) is 3.99. The van der Waals surface area contributed by atoms with Crippen molar-refractivity contribution in [1.29, 1.82) is 0 Å². The Balaban J connectivity index is 1.86. The fraction of sp³-hybridized carbons (Fsp3) is 0.280. The lowest BCUT2D eigenvalue weighted by Crippen LogP contribution is -2.17. The van der Waals surface area contributed by atoms with Gasteiger partial charge in [0.15, 0.2) is 35.4 Å². The minimum absolute atomic E-state index is 0.0248. The van der Waals surface area contributed by atoms with E-state index in [4.69, 9.17) is 35.3 Å². The van der Waals surface area contributed by atoms with E-state index in [2.05, 4.69) is 15.0 Å². The van der Waals surface area contributed by atoms with Crippen LogP contribution in [-0.4, -0.2) is 52.9 Å². The van der Waals surface area contributed by atoms with E-state index < -0.39 is 48.8 Å². The summed E-state index contributed by atoms with van der Waals surface area (Å²) in [4.78, 5) is 34.7. The minimum Gasteiger partial charge on any atom is -0.496 e. The molecular weight excluding hydrogens is 580 g/mol. The second-order valence-electron chi connectivity index (χ2n) is 8.03. The maximum absolute atomic E-state index is 14.6. The number of hydrogen-bond acceptors (Lipinski definition) is 9. The van der Waals surface area contributed by atoms with Crippen LogP contribution in [0.3, 0.4) is 0 Å². The molecule has 0 aliphatic rings. The van der Waals surface area contributed by atoms with E-state index in [9.17, 15) is 27.2 Å². The van der Waals surface area contributed by atoms with Gasteiger partial charge in [-0.3, -0.25) is 4.98 Å². The molecule has 4 aromatic rings. The molecule has 0 saturated carbocycles. The highest BCUT2D eigenvalue weighted by molar-refractivity contribution is 6.32. The van der Waals surface area contributed by atoms with Gasteiger partial charge in [0.25, 0.3) is 6.43 Å². The molecule has 0 aliphatic carbocycles. The number of aromatic amines is 1. The third-order valence-electron chi connectivity index (χ3n) is 5.56. The van der Waals surface area contributed by atoms with Crippen molar-refractivity contribution in [3.8, 4) is 28.8 Å². The molecule has 0 spiro atoms. The van der Waals surface area contributed by atoms with E-state index in [1.807, 2.05) is 0 Å². The molecule has 2 aromatic heterocycles. The van der Waals surface area contributed by atoms with E-state index >= 15 is 0 Å². The summed E-state index contributed by atoms with van der Waals surface area (Å²) in [5.41, 5.74) is -1.68. The number of H-pyrrole nitrogens is 1. The Morgan fingerprint density at radius 1 is 1.07 bits per heavy atom. The summed E-state index contributed by atoms with van der Waals surface area (Å²) >= 11 is 6.45. The zero-order valence-corrected chi connectivity index (χ0v) is 22.4. The third-order valence-corrected chi connectivity index (χ3v) is 5.86. The molecule has 0 aliphatic heterocycles. The highest BCUT2D eigenvalue weighted by Crippen LogP contribution is 2.38. The zero-order chi connectivity index (χ0) is 29.8. The largest absolute Gasteiger partial charge is 0.496 e. The number of esters is 1. The molecule has 2 aromatic carbocycles. The Bertz CT molecular complexity index is 1660. The number of halogens is 5. The van der Waals surface area contributed by atoms with Crippen molar-refractivity contribution in [1.82, 2.24) is 19.5 Å². The van der Waals surface area contributed by atoms with Crippen molar-refractivity contribution in [2.75, 3.05) is 27.4 Å². The number of imidazole rings is 1. The van der Waals surface area contributed by atoms with Gasteiger partial charge in [-0.05, 0) is 19.1 Å². The van der Waals surface area contributed by atoms with Crippen LogP contribution < -0.4 is 24.6 Å². The van der Waals surface area contributed by atoms with Crippen molar-refractivity contribution in [3.63, 3.8) is 0 Å². The maximum atomic E-state index is 14.6. The molecule has 0 unspecified atom stereocenters. The van der Waals surface area contributed by atoms with Crippen LogP contribution in [0.2, 0.25) is 5.02 Å². The number of rotatable bonds is 11. The Labute approximate surface area is 233 Å². The van der Waals surface area contributed by atoms with Gasteiger partial charge in [0.05, 0.1) is 37.1 Å². The van der Waals surface area contributed by atoms with Gasteiger partial charge in [0.2, 0.25) is 11.7 Å². The minimum atomic E-state index is -3.10. The van der Waals surface area contributed by atoms with Crippen molar-refractivity contribution >= 4 is 28.7 Å². The molecule has 1 N–H and O–H groups in total. The first-order valence-electron chi connectivity index (χ1n) is 11.7. The highest BCUT2D eigenvalue weighted by atomic mass is 35.5. The first-order chi connectivity index (χ1) is 19.6. The Kier molecular flexibility index (Phi) is 8.86. The van der Waals surface area contributed by atoms with Crippen LogP contribution in [0.5, 0.6) is 23.1 Å². The van der Waals surface area contributed by atoms with E-state index in [0.29, 0.717) is 0 Å². The molecule has 218 valence electrons. The van der Waals surface area contributed by atoms with Gasteiger partial charge < -0.3 is 23.7 Å². The molecule has 0 bridgehead atoms. The first kappa shape index (κ1) is 29.5. The average Bonchev–Trinajstić information content (AvgIpc) is 3.28. The number of carbonyl (C=O) groups is 1. The number of carbonyl (C=O) groups excluding carboxylic acids is 1. The number of benzene rings is 2. The van der Waals surface area contributed by atoms with Crippen LogP contribution in [0.25, 0.3) is 16.9 Å². The summed E-state index contributed by atoms with van der Waals surface area (Å²) in [7, 11) is 2.42. The average molecular weight is 601 g/mol. The van der Waals surface area contributed by atoms with Gasteiger partial charge in [-0.15, -0.1) is 0 Å². The standard InChI is InChI=1S/C25H21ClF4N4O7/c1-4-39-18(35)10-41-16-7-12(26)14(8-17(16)40-9-11-15(37-2)6-5-13(27)19(11)28)34-23-20(31-25(34)36)24(38-3)33-22(32-23)21(29)30/h5-8,21H,4,9-10H2,1-3H3,(H,31,36). The maximum Gasteiger partial charge on any atom is 0.344 e. The van der Waals surface area contributed by atoms with Crippen LogP contribution in [0.15, 0.2) is 29.1 Å². The van der Waals surface area contributed by atoms with Gasteiger partial charge in [0, 0.05) is 12.1 Å². The Morgan fingerprint density at radius 3 is 2.46 bits per heavy atom. The summed E-state index contributed by atoms with van der Waals surface area (Å²) in [5.74, 6) is -4.73. The molecule has 16 heteroatoms. The lowest BCUT2D eigenvalue weighted by Gasteiger charge is -2.17. The predicted octanol–water partition coefficient (Wildman–Crippen LogP) is 4.52. The number of methoxy groups -OCH3 is 2. The summed E-state index contributed by atoms with van der Waals surface area (Å²) in [5, 5.41) is -0.162. The summed E-state index contributed by atoms with van der Waals surface area (Å²) < 4.78 is 82.5. The van der Waals surface area contributed by atoms with Gasteiger partial charge in [-0.1, -0.05) is 11.6 Å². The normalized spacial score (nSPS) is 11.1. The Morgan fingerprint density at radius 2 is 1.80 bits per heavy atom. The summed E-state index contributed by atoms with van der Waals surface area (Å²) in [6.07, 6.45) is -3.10. The number of ether oxygens (including phenoxy) is 5. The number of nitrogens with zero attached hydrogens (tertiary/aromatic N) is 3. The summed E-state index contributed by atoms with van der Waals surface area (Å²) in [6.45, 7) is 0.500. The SMILES string of the molecule is CCOC(=O)COc1cc(Cl)c(-n2c(=O)[nH]c3c(OC)nc(C(F)F)nc32)cc1OCc1c(OC)ccc(F)c1F. The molecule has 41 heavy (non-hydrogen) atoms. The van der Waals surface area contributed by atoms with Crippen molar-refractivity contribution in [2.45, 2.75) is 20.0 Å². The van der Waals surface area contributed by atoms with Gasteiger partial charge >= 0.3 is 11.7 Å². The molecule has 0 radical (unpaired) electrons. The Hall–Kier alpha value is -4.53. The molecule has 0 amide bonds. The van der Waals surface area contributed by atoms with E-state index in [-0.39, 0.29) is 57.2 Å². The van der Waals surface area contributed by atoms with E-state index in [1.54, 1.807) is 6.92 Å². The number of hydrogen-bond donors (Lipinski definition) is 1. The smallest absolute Gasteiger partial charge is 0.344 e. The molecule has 0 saturated heterocycles. The summed E-state index contributed by atoms with van der Waals surface area (Å²) in [6, 6.07) is 4.40. The third kappa shape index (κ3) is 5.99. The molecule has 0 fully saturated rings. The topological polar surface area (TPSA) is 127 Å². The van der Waals surface area contributed by atoms with Crippen molar-refractivity contribution < 1.29 is 46.0 Å². The van der Waals surface area contributed by atoms with Crippen molar-refractivity contribution in [3.05, 3.63) is 62.8 Å².